The molecule has 7 rings (SSSR count). The molecule has 1 N–H and O–H groups in total. The van der Waals surface area contributed by atoms with Crippen LogP contribution in [0, 0.1) is 50.1 Å². The fourth-order valence-electron chi connectivity index (χ4n) is 10.3. The molecule has 0 aromatic heterocycles. The molecule has 8 heteroatoms. The van der Waals surface area contributed by atoms with Crippen LogP contribution >= 0.6 is 12.6 Å². The van der Waals surface area contributed by atoms with E-state index in [1.54, 1.807) is 12.1 Å². The van der Waals surface area contributed by atoms with E-state index in [1.807, 2.05) is 13.1 Å². The predicted octanol–water partition coefficient (Wildman–Crippen LogP) is 6.61. The molecular formula is C35H39FN2O4S. The number of allylic oxidation sites excluding steroid dienone is 2. The summed E-state index contributed by atoms with van der Waals surface area (Å²) in [6.07, 6.45) is 8.05. The van der Waals surface area contributed by atoms with Crippen molar-refractivity contribution in [3.63, 3.8) is 0 Å². The summed E-state index contributed by atoms with van der Waals surface area (Å²) in [6, 6.07) is 8.50. The van der Waals surface area contributed by atoms with Gasteiger partial charge < -0.3 is 9.84 Å². The number of fused-ring (bicyclic) bond motifs is 5. The first-order chi connectivity index (χ1) is 20.2. The minimum Gasteiger partial charge on any atom is -0.448 e. The lowest BCUT2D eigenvalue weighted by Gasteiger charge is -2.70. The number of rotatable bonds is 4. The fraction of sp³-hybridized carbons (Fsp3) is 0.600. The van der Waals surface area contributed by atoms with Crippen molar-refractivity contribution in [1.82, 2.24) is 0 Å². The Hall–Kier alpha value is -2.76. The van der Waals surface area contributed by atoms with Gasteiger partial charge in [-0.05, 0) is 91.5 Å². The molecular weight excluding hydrogens is 563 g/mol. The molecule has 1 heterocycles. The summed E-state index contributed by atoms with van der Waals surface area (Å²) in [5, 5.41) is 21.5. The zero-order valence-electron chi connectivity index (χ0n) is 25.2. The lowest BCUT2D eigenvalue weighted by Crippen LogP contribution is -2.69. The van der Waals surface area contributed by atoms with Crippen molar-refractivity contribution in [3.8, 4) is 6.07 Å². The molecule has 43 heavy (non-hydrogen) atoms. The molecule has 6 aliphatic rings. The van der Waals surface area contributed by atoms with Crippen molar-refractivity contribution in [2.75, 3.05) is 0 Å². The van der Waals surface area contributed by atoms with Gasteiger partial charge in [-0.1, -0.05) is 51.5 Å². The number of hydrogen-bond donors (Lipinski definition) is 2. The van der Waals surface area contributed by atoms with E-state index in [9.17, 15) is 24.3 Å². The first-order valence-corrected chi connectivity index (χ1v) is 16.0. The van der Waals surface area contributed by atoms with E-state index in [2.05, 4.69) is 45.5 Å². The number of benzene rings is 1. The second-order valence-corrected chi connectivity index (χ2v) is 15.4. The minimum absolute atomic E-state index is 0.0448. The molecule has 4 fully saturated rings. The Balaban J connectivity index is 1.26. The van der Waals surface area contributed by atoms with E-state index < -0.39 is 44.4 Å². The summed E-state index contributed by atoms with van der Waals surface area (Å²) in [6.45, 7) is 8.72. The monoisotopic (exact) mass is 602 g/mol. The quantitative estimate of drug-likeness (QED) is 0.298. The molecule has 0 saturated heterocycles. The predicted molar refractivity (Wildman–Crippen MR) is 162 cm³/mol. The highest BCUT2D eigenvalue weighted by Gasteiger charge is 2.78. The highest BCUT2D eigenvalue weighted by Crippen LogP contribution is 2.78. The molecule has 6 nitrogen and oxygen atoms in total. The largest absolute Gasteiger partial charge is 0.448 e. The number of hydrogen-bond acceptors (Lipinski definition) is 6. The van der Waals surface area contributed by atoms with Crippen LogP contribution in [0.2, 0.25) is 0 Å². The van der Waals surface area contributed by atoms with Gasteiger partial charge in [0, 0.05) is 22.5 Å². The fourth-order valence-corrected chi connectivity index (χ4v) is 10.7. The maximum Gasteiger partial charge on any atom is 0.327 e. The van der Waals surface area contributed by atoms with Gasteiger partial charge in [-0.15, -0.1) is 12.6 Å². The highest BCUT2D eigenvalue weighted by atomic mass is 32.1. The molecule has 226 valence electrons. The van der Waals surface area contributed by atoms with Crippen LogP contribution in [-0.4, -0.2) is 34.1 Å². The molecule has 8 atom stereocenters. The number of esters is 1. The number of halogens is 1. The van der Waals surface area contributed by atoms with Gasteiger partial charge in [0.05, 0.1) is 12.2 Å². The van der Waals surface area contributed by atoms with E-state index in [1.165, 1.54) is 17.7 Å². The average Bonchev–Trinajstić information content (AvgIpc) is 3.62. The van der Waals surface area contributed by atoms with E-state index in [0.29, 0.717) is 25.7 Å². The van der Waals surface area contributed by atoms with Crippen molar-refractivity contribution in [3.05, 3.63) is 58.4 Å². The molecule has 1 aromatic rings. The van der Waals surface area contributed by atoms with Crippen LogP contribution in [0.15, 0.2) is 52.1 Å². The van der Waals surface area contributed by atoms with Gasteiger partial charge in [-0.25, -0.2) is 4.39 Å². The molecule has 4 saturated carbocycles. The molecule has 1 aliphatic heterocycles. The topological polar surface area (TPSA) is 99.7 Å². The Morgan fingerprint density at radius 1 is 1.12 bits per heavy atom. The summed E-state index contributed by atoms with van der Waals surface area (Å²) < 4.78 is 19.8. The van der Waals surface area contributed by atoms with Gasteiger partial charge in [-0.2, -0.15) is 5.26 Å². The Morgan fingerprint density at radius 3 is 2.44 bits per heavy atom. The van der Waals surface area contributed by atoms with E-state index in [-0.39, 0.29) is 29.6 Å². The van der Waals surface area contributed by atoms with Gasteiger partial charge in [0.1, 0.15) is 11.9 Å². The van der Waals surface area contributed by atoms with Crippen molar-refractivity contribution >= 4 is 29.9 Å². The van der Waals surface area contributed by atoms with Crippen molar-refractivity contribution < 1.29 is 23.8 Å². The lowest BCUT2D eigenvalue weighted by atomic mass is 9.35. The van der Waals surface area contributed by atoms with Crippen molar-refractivity contribution in [2.45, 2.75) is 96.8 Å². The number of nitriles is 1. The van der Waals surface area contributed by atoms with Gasteiger partial charge >= 0.3 is 5.97 Å². The van der Waals surface area contributed by atoms with Crippen LogP contribution in [0.4, 0.5) is 4.39 Å². The van der Waals surface area contributed by atoms with Gasteiger partial charge in [0.25, 0.3) is 0 Å². The number of carbonyl (C=O) groups excluding carboxylic acids is 2. The lowest BCUT2D eigenvalue weighted by molar-refractivity contribution is -0.246. The Bertz CT molecular complexity index is 1590. The summed E-state index contributed by atoms with van der Waals surface area (Å²) >= 11 is 4.32. The average molecular weight is 603 g/mol. The molecule has 0 amide bonds. The van der Waals surface area contributed by atoms with Gasteiger partial charge in [0.15, 0.2) is 11.0 Å². The highest BCUT2D eigenvalue weighted by molar-refractivity contribution is 7.96. The van der Waals surface area contributed by atoms with Crippen LogP contribution in [-0.2, 0) is 14.3 Å². The number of aliphatic hydroxyl groups is 1. The van der Waals surface area contributed by atoms with Crippen LogP contribution in [0.3, 0.4) is 0 Å². The maximum atomic E-state index is 13.6. The van der Waals surface area contributed by atoms with Crippen LogP contribution < -0.4 is 0 Å². The number of aliphatic hydroxyl groups excluding tert-OH is 1. The number of carbonyl (C=O) groups is 2. The molecule has 5 aliphatic carbocycles. The molecule has 0 bridgehead atoms. The number of thiol groups is 1. The van der Waals surface area contributed by atoms with Crippen molar-refractivity contribution in [2.24, 2.45) is 38.0 Å². The van der Waals surface area contributed by atoms with E-state index >= 15 is 0 Å². The normalized spacial score (nSPS) is 43.5. The third-order valence-corrected chi connectivity index (χ3v) is 14.0. The van der Waals surface area contributed by atoms with Crippen molar-refractivity contribution in [1.29, 1.82) is 5.26 Å². The van der Waals surface area contributed by atoms with E-state index in [0.717, 1.165) is 36.0 Å². The molecule has 6 unspecified atom stereocenters. The second-order valence-electron chi connectivity index (χ2n) is 15.0. The second kappa shape index (κ2) is 8.91. The number of nitrogens with zero attached hydrogens (tertiary/aromatic N) is 2. The van der Waals surface area contributed by atoms with Crippen LogP contribution in [0.1, 0.15) is 90.7 Å². The zero-order valence-corrected chi connectivity index (χ0v) is 26.1. The first kappa shape index (κ1) is 29.0. The maximum absolute atomic E-state index is 13.6. The third-order valence-electron chi connectivity index (χ3n) is 13.6. The minimum atomic E-state index is -1.50. The standard InChI is InChI=1S/C35H39FN2O4S/c1-30-11-14-35(29(41)43,42-28(40)34(19-37)12-13-34)32(30,3)17-26(39)33(4)25(30)10-7-22-15-24-21(16-31(22,33)2)18-38-27(24)20-5-8-23(36)9-6-20/h5-6,8-9,15,18,25-27,39H,7,10-14,16-17H2,1-4H3,(H,41,43)/t25?,26?,27?,30-,31?,32?,33+,35?/m0/s1. The van der Waals surface area contributed by atoms with Crippen LogP contribution in [0.5, 0.6) is 0 Å². The summed E-state index contributed by atoms with van der Waals surface area (Å²) in [5.41, 5.74) is -0.259. The molecule has 1 aromatic carbocycles. The number of ether oxygens (including phenoxy) is 1. The Labute approximate surface area is 257 Å². The third kappa shape index (κ3) is 3.41. The molecule has 0 spiro atoms. The Morgan fingerprint density at radius 2 is 1.81 bits per heavy atom. The summed E-state index contributed by atoms with van der Waals surface area (Å²) in [5.74, 6) is -0.854. The van der Waals surface area contributed by atoms with Gasteiger partial charge in [0.2, 0.25) is 5.12 Å². The summed E-state index contributed by atoms with van der Waals surface area (Å²) in [7, 11) is 0. The molecule has 0 radical (unpaired) electrons. The van der Waals surface area contributed by atoms with Gasteiger partial charge in [-0.3, -0.25) is 14.6 Å². The summed E-state index contributed by atoms with van der Waals surface area (Å²) in [4.78, 5) is 31.6. The SMILES string of the molecule is CC12CC3=C(C=C1CCC1[C@]2(C)C(O)CC2(C)C(OC(=O)C4(C#N)CC4)(C(=O)S)CC[C@@]12C)C(c1ccc(F)cc1)N=C3. The zero-order chi connectivity index (χ0) is 30.8. The number of aliphatic imine (C=N–C) groups is 1. The Kier molecular flexibility index (Phi) is 6.01. The van der Waals surface area contributed by atoms with Crippen LogP contribution in [0.25, 0.3) is 0 Å². The first-order valence-electron chi connectivity index (χ1n) is 15.5. The van der Waals surface area contributed by atoms with E-state index in [4.69, 9.17) is 9.73 Å². The smallest absolute Gasteiger partial charge is 0.327 e.